The molecule has 0 spiro atoms. The van der Waals surface area contributed by atoms with Gasteiger partial charge in [-0.3, -0.25) is 4.79 Å². The second-order valence-corrected chi connectivity index (χ2v) is 3.41. The number of rotatable bonds is 6. The topological polar surface area (TPSA) is 55.1 Å². The van der Waals surface area contributed by atoms with Crippen molar-refractivity contribution < 1.29 is 9.90 Å². The fourth-order valence-corrected chi connectivity index (χ4v) is 1.52. The summed E-state index contributed by atoms with van der Waals surface area (Å²) in [5.41, 5.74) is 0. The van der Waals surface area contributed by atoms with E-state index in [2.05, 4.69) is 11.6 Å². The van der Waals surface area contributed by atoms with Crippen LogP contribution in [0.5, 0.6) is 0 Å². The van der Waals surface area contributed by atoms with Gasteiger partial charge < -0.3 is 9.67 Å². The lowest BCUT2D eigenvalue weighted by Crippen LogP contribution is -2.15. The lowest BCUT2D eigenvalue weighted by Gasteiger charge is -2.11. The average Bonchev–Trinajstić information content (AvgIpc) is 2.66. The summed E-state index contributed by atoms with van der Waals surface area (Å²) >= 11 is 0. The molecule has 1 rings (SSSR count). The summed E-state index contributed by atoms with van der Waals surface area (Å²) < 4.78 is 1.66. The zero-order valence-corrected chi connectivity index (χ0v) is 8.89. The van der Waals surface area contributed by atoms with Gasteiger partial charge in [0.2, 0.25) is 0 Å². The molecule has 0 bridgehead atoms. The van der Waals surface area contributed by atoms with Crippen molar-refractivity contribution in [2.45, 2.75) is 32.1 Å². The van der Waals surface area contributed by atoms with E-state index in [0.717, 1.165) is 12.8 Å². The molecule has 0 aliphatic heterocycles. The number of hydrogen-bond acceptors (Lipinski definition) is 2. The van der Waals surface area contributed by atoms with E-state index in [4.69, 9.17) is 5.11 Å². The summed E-state index contributed by atoms with van der Waals surface area (Å²) in [7, 11) is 0. The molecule has 1 N–H and O–H groups in total. The molecule has 0 radical (unpaired) electrons. The van der Waals surface area contributed by atoms with Crippen LogP contribution in [0.4, 0.5) is 0 Å². The number of nitrogens with zero attached hydrogens (tertiary/aromatic N) is 2. The first kappa shape index (κ1) is 11.5. The summed E-state index contributed by atoms with van der Waals surface area (Å²) in [5, 5.41) is 9.10. The maximum atomic E-state index is 11.1. The van der Waals surface area contributed by atoms with E-state index in [1.807, 2.05) is 6.92 Å². The van der Waals surface area contributed by atoms with Crippen molar-refractivity contribution in [3.8, 4) is 0 Å². The van der Waals surface area contributed by atoms with E-state index in [1.54, 1.807) is 23.2 Å². The minimum Gasteiger partial charge on any atom is -0.481 e. The van der Waals surface area contributed by atoms with Gasteiger partial charge in [-0.1, -0.05) is 26.3 Å². The van der Waals surface area contributed by atoms with Crippen LogP contribution in [0.3, 0.4) is 0 Å². The molecule has 1 atom stereocenters. The molecule has 15 heavy (non-hydrogen) atoms. The predicted molar refractivity (Wildman–Crippen MR) is 58.5 cm³/mol. The van der Waals surface area contributed by atoms with E-state index in [9.17, 15) is 4.79 Å². The van der Waals surface area contributed by atoms with Gasteiger partial charge in [0.1, 0.15) is 11.7 Å². The highest BCUT2D eigenvalue weighted by Crippen LogP contribution is 2.21. The van der Waals surface area contributed by atoms with Crippen LogP contribution in [0.1, 0.15) is 37.9 Å². The molecular weight excluding hydrogens is 192 g/mol. The second kappa shape index (κ2) is 5.34. The molecule has 1 aromatic rings. The fraction of sp³-hybridized carbons (Fsp3) is 0.455. The molecule has 0 aliphatic carbocycles. The third-order valence-electron chi connectivity index (χ3n) is 2.35. The Bertz CT molecular complexity index is 344. The van der Waals surface area contributed by atoms with Crippen molar-refractivity contribution in [2.75, 3.05) is 0 Å². The third kappa shape index (κ3) is 2.68. The van der Waals surface area contributed by atoms with Gasteiger partial charge in [-0.05, 0) is 6.42 Å². The molecule has 0 fully saturated rings. The molecule has 4 heteroatoms. The average molecular weight is 208 g/mol. The Morgan fingerprint density at radius 2 is 2.53 bits per heavy atom. The van der Waals surface area contributed by atoms with Crippen molar-refractivity contribution in [3.63, 3.8) is 0 Å². The molecule has 0 saturated carbocycles. The number of imidazole rings is 1. The number of aromatic nitrogens is 2. The summed E-state index contributed by atoms with van der Waals surface area (Å²) in [6.45, 7) is 5.66. The molecule has 1 heterocycles. The zero-order chi connectivity index (χ0) is 11.3. The maximum absolute atomic E-state index is 11.1. The Kier molecular flexibility index (Phi) is 4.09. The van der Waals surface area contributed by atoms with Crippen LogP contribution in [0, 0.1) is 0 Å². The minimum absolute atomic E-state index is 0.530. The van der Waals surface area contributed by atoms with Crippen LogP contribution in [0.2, 0.25) is 0 Å². The number of hydrogen-bond donors (Lipinski definition) is 1. The minimum atomic E-state index is -0.822. The lowest BCUT2D eigenvalue weighted by atomic mass is 10.0. The van der Waals surface area contributed by atoms with Gasteiger partial charge in [0.25, 0.3) is 0 Å². The SMILES string of the molecule is C=Cn1ccnc1C(CCCC)C(=O)O. The van der Waals surface area contributed by atoms with E-state index in [-0.39, 0.29) is 0 Å². The Morgan fingerprint density at radius 3 is 3.07 bits per heavy atom. The van der Waals surface area contributed by atoms with Crippen molar-refractivity contribution in [1.29, 1.82) is 0 Å². The fourth-order valence-electron chi connectivity index (χ4n) is 1.52. The Labute approximate surface area is 89.3 Å². The van der Waals surface area contributed by atoms with Gasteiger partial charge in [0, 0.05) is 18.6 Å². The number of carboxylic acids is 1. The van der Waals surface area contributed by atoms with Gasteiger partial charge in [-0.2, -0.15) is 0 Å². The van der Waals surface area contributed by atoms with Gasteiger partial charge in [-0.15, -0.1) is 0 Å². The molecule has 0 aromatic carbocycles. The smallest absolute Gasteiger partial charge is 0.314 e. The first-order valence-electron chi connectivity index (χ1n) is 5.08. The normalized spacial score (nSPS) is 12.3. The van der Waals surface area contributed by atoms with Gasteiger partial charge >= 0.3 is 5.97 Å². The molecule has 4 nitrogen and oxygen atoms in total. The van der Waals surface area contributed by atoms with Crippen molar-refractivity contribution in [1.82, 2.24) is 9.55 Å². The van der Waals surface area contributed by atoms with Gasteiger partial charge in [0.15, 0.2) is 0 Å². The summed E-state index contributed by atoms with van der Waals surface area (Å²) in [6, 6.07) is 0. The summed E-state index contributed by atoms with van der Waals surface area (Å²) in [6.07, 6.45) is 7.38. The van der Waals surface area contributed by atoms with Crippen LogP contribution < -0.4 is 0 Å². The number of aliphatic carboxylic acids is 1. The highest BCUT2D eigenvalue weighted by molar-refractivity contribution is 5.75. The Hall–Kier alpha value is -1.58. The molecule has 0 saturated heterocycles. The van der Waals surface area contributed by atoms with E-state index < -0.39 is 11.9 Å². The van der Waals surface area contributed by atoms with Gasteiger partial charge in [-0.25, -0.2) is 4.98 Å². The first-order chi connectivity index (χ1) is 7.20. The Morgan fingerprint density at radius 1 is 1.80 bits per heavy atom. The monoisotopic (exact) mass is 208 g/mol. The zero-order valence-electron chi connectivity index (χ0n) is 8.89. The maximum Gasteiger partial charge on any atom is 0.314 e. The van der Waals surface area contributed by atoms with Crippen molar-refractivity contribution in [3.05, 3.63) is 24.8 Å². The summed E-state index contributed by atoms with van der Waals surface area (Å²) in [4.78, 5) is 15.2. The molecule has 1 unspecified atom stereocenters. The summed E-state index contributed by atoms with van der Waals surface area (Å²) in [5.74, 6) is -0.790. The molecule has 0 aliphatic rings. The molecule has 1 aromatic heterocycles. The molecule has 82 valence electrons. The van der Waals surface area contributed by atoms with E-state index >= 15 is 0 Å². The van der Waals surface area contributed by atoms with Crippen molar-refractivity contribution >= 4 is 12.2 Å². The molecular formula is C11H16N2O2. The second-order valence-electron chi connectivity index (χ2n) is 3.41. The van der Waals surface area contributed by atoms with Crippen molar-refractivity contribution in [2.24, 2.45) is 0 Å². The van der Waals surface area contributed by atoms with Crippen LogP contribution in [0.15, 0.2) is 19.0 Å². The van der Waals surface area contributed by atoms with Crippen LogP contribution in [0.25, 0.3) is 6.20 Å². The lowest BCUT2D eigenvalue weighted by molar-refractivity contribution is -0.139. The van der Waals surface area contributed by atoms with Crippen LogP contribution in [-0.4, -0.2) is 20.6 Å². The number of unbranched alkanes of at least 4 members (excludes halogenated alkanes) is 1. The van der Waals surface area contributed by atoms with Crippen LogP contribution >= 0.6 is 0 Å². The highest BCUT2D eigenvalue weighted by Gasteiger charge is 2.23. The first-order valence-corrected chi connectivity index (χ1v) is 5.08. The standard InChI is InChI=1S/C11H16N2O2/c1-3-5-6-9(11(14)15)10-12-7-8-13(10)4-2/h4,7-9H,2-3,5-6H2,1H3,(H,14,15). The quantitative estimate of drug-likeness (QED) is 0.780. The van der Waals surface area contributed by atoms with E-state index in [1.165, 1.54) is 0 Å². The number of carbonyl (C=O) groups is 1. The third-order valence-corrected chi connectivity index (χ3v) is 2.35. The highest BCUT2D eigenvalue weighted by atomic mass is 16.4. The Balaban J connectivity index is 2.88. The largest absolute Gasteiger partial charge is 0.481 e. The van der Waals surface area contributed by atoms with Crippen LogP contribution in [-0.2, 0) is 4.79 Å². The van der Waals surface area contributed by atoms with E-state index in [0.29, 0.717) is 12.2 Å². The number of carboxylic acid groups (broad SMARTS) is 1. The molecule has 0 amide bonds. The van der Waals surface area contributed by atoms with Gasteiger partial charge in [0.05, 0.1) is 0 Å². The predicted octanol–water partition coefficient (Wildman–Crippen LogP) is 2.34.